The minimum absolute atomic E-state index is 0.0530. The maximum atomic E-state index is 13.5. The van der Waals surface area contributed by atoms with Crippen LogP contribution in [0.5, 0.6) is 0 Å². The van der Waals surface area contributed by atoms with Crippen LogP contribution in [-0.4, -0.2) is 92.9 Å². The number of aliphatic hydroxyl groups is 1. The maximum absolute atomic E-state index is 13.5. The third-order valence-corrected chi connectivity index (χ3v) is 9.44. The summed E-state index contributed by atoms with van der Waals surface area (Å²) in [6.45, 7) is 4.25. The third-order valence-electron chi connectivity index (χ3n) is 7.43. The molecular formula is C26H28FN9O2S2. The molecule has 4 aromatic rings. The number of hydrogen-bond donors (Lipinski definition) is 1. The van der Waals surface area contributed by atoms with Crippen LogP contribution in [0.15, 0.2) is 24.3 Å². The number of amides is 2. The van der Waals surface area contributed by atoms with Gasteiger partial charge in [0.15, 0.2) is 10.9 Å². The van der Waals surface area contributed by atoms with Crippen molar-refractivity contribution >= 4 is 49.7 Å². The number of thiazole rings is 1. The Morgan fingerprint density at radius 1 is 1.20 bits per heavy atom. The van der Waals surface area contributed by atoms with Crippen molar-refractivity contribution in [3.05, 3.63) is 40.7 Å². The molecule has 0 aliphatic carbocycles. The molecule has 208 valence electrons. The molecule has 2 saturated heterocycles. The summed E-state index contributed by atoms with van der Waals surface area (Å²) in [5.74, 6) is 0.435. The summed E-state index contributed by atoms with van der Waals surface area (Å²) in [4.78, 5) is 31.0. The predicted octanol–water partition coefficient (Wildman–Crippen LogP) is 3.56. The van der Waals surface area contributed by atoms with Crippen LogP contribution in [0.2, 0.25) is 0 Å². The zero-order valence-electron chi connectivity index (χ0n) is 22.3. The number of anilines is 3. The molecule has 0 spiro atoms. The largest absolute Gasteiger partial charge is 0.389 e. The van der Waals surface area contributed by atoms with Gasteiger partial charge in [0.05, 0.1) is 30.9 Å². The quantitative estimate of drug-likeness (QED) is 0.367. The van der Waals surface area contributed by atoms with E-state index in [0.717, 1.165) is 34.6 Å². The molecule has 0 bridgehead atoms. The first-order valence-electron chi connectivity index (χ1n) is 13.0. The number of hydrogen-bond acceptors (Lipinski definition) is 10. The van der Waals surface area contributed by atoms with E-state index in [1.165, 1.54) is 34.8 Å². The van der Waals surface area contributed by atoms with Gasteiger partial charge in [0.1, 0.15) is 22.5 Å². The highest BCUT2D eigenvalue weighted by Gasteiger charge is 2.36. The van der Waals surface area contributed by atoms with Crippen molar-refractivity contribution in [3.63, 3.8) is 0 Å². The summed E-state index contributed by atoms with van der Waals surface area (Å²) < 4.78 is 15.3. The van der Waals surface area contributed by atoms with Gasteiger partial charge in [-0.1, -0.05) is 29.6 Å². The number of aliphatic hydroxyl groups excluding tert-OH is 1. The summed E-state index contributed by atoms with van der Waals surface area (Å²) in [6.07, 6.45) is 1.10. The molecule has 2 aliphatic heterocycles. The van der Waals surface area contributed by atoms with E-state index in [9.17, 15) is 19.6 Å². The third kappa shape index (κ3) is 4.53. The minimum atomic E-state index is -0.422. The number of urea groups is 1. The number of carbonyl (C=O) groups is 1. The van der Waals surface area contributed by atoms with Crippen molar-refractivity contribution in [3.8, 4) is 17.3 Å². The Morgan fingerprint density at radius 2 is 1.95 bits per heavy atom. The van der Waals surface area contributed by atoms with Gasteiger partial charge < -0.3 is 24.7 Å². The molecule has 1 N–H and O–H groups in total. The number of imidazole rings is 1. The number of carbonyl (C=O) groups excluding carboxylic acids is 1. The summed E-state index contributed by atoms with van der Waals surface area (Å²) >= 11 is 2.77. The van der Waals surface area contributed by atoms with Crippen molar-refractivity contribution in [2.45, 2.75) is 31.9 Å². The smallest absolute Gasteiger partial charge is 0.320 e. The number of benzene rings is 1. The van der Waals surface area contributed by atoms with Crippen LogP contribution in [0, 0.1) is 17.1 Å². The van der Waals surface area contributed by atoms with Gasteiger partial charge in [-0.3, -0.25) is 0 Å². The van der Waals surface area contributed by atoms with E-state index in [1.807, 2.05) is 30.4 Å². The van der Waals surface area contributed by atoms with Crippen molar-refractivity contribution in [2.75, 3.05) is 50.1 Å². The maximum Gasteiger partial charge on any atom is 0.320 e. The topological polar surface area (TPSA) is 117 Å². The molecule has 0 saturated carbocycles. The summed E-state index contributed by atoms with van der Waals surface area (Å²) in [7, 11) is 3.70. The number of aromatic nitrogens is 4. The van der Waals surface area contributed by atoms with Crippen LogP contribution in [0.4, 0.5) is 25.3 Å². The van der Waals surface area contributed by atoms with E-state index < -0.39 is 6.10 Å². The number of likely N-dealkylation sites (N-methyl/N-ethyl adjacent to an activating group) is 1. The number of nitrogens with zero attached hydrogens (tertiary/aromatic N) is 9. The SMILES string of the molecule is CCc1nc2sc(N3CC[C@@H](N(C)C(=O)N4CC(O)C4)C3)nn2c1N(C)c1nc(-c2ccc(F)cc2)c(C#N)s1. The van der Waals surface area contributed by atoms with E-state index in [4.69, 9.17) is 15.1 Å². The second-order valence-corrected chi connectivity index (χ2v) is 11.9. The molecule has 3 aromatic heterocycles. The number of halogens is 1. The zero-order chi connectivity index (χ0) is 28.1. The van der Waals surface area contributed by atoms with Crippen molar-refractivity contribution in [1.82, 2.24) is 29.4 Å². The van der Waals surface area contributed by atoms with Crippen LogP contribution in [0.3, 0.4) is 0 Å². The fourth-order valence-electron chi connectivity index (χ4n) is 5.11. The van der Waals surface area contributed by atoms with Gasteiger partial charge in [0.2, 0.25) is 10.1 Å². The first-order valence-corrected chi connectivity index (χ1v) is 14.6. The lowest BCUT2D eigenvalue weighted by atomic mass is 10.1. The van der Waals surface area contributed by atoms with Gasteiger partial charge in [-0.05, 0) is 37.1 Å². The number of likely N-dealkylation sites (tertiary alicyclic amines) is 1. The molecule has 0 radical (unpaired) electrons. The number of nitriles is 1. The second-order valence-electron chi connectivity index (χ2n) is 10.0. The molecular weight excluding hydrogens is 553 g/mol. The number of β-amino-alcohol motifs (C(OH)–C–C–N with tert-alkyl or cyclic N) is 1. The molecule has 11 nitrogen and oxygen atoms in total. The summed E-state index contributed by atoms with van der Waals surface area (Å²) in [5.41, 5.74) is 2.06. The van der Waals surface area contributed by atoms with E-state index in [2.05, 4.69) is 11.0 Å². The average molecular weight is 582 g/mol. The van der Waals surface area contributed by atoms with Gasteiger partial charge in [0, 0.05) is 32.7 Å². The molecule has 14 heteroatoms. The van der Waals surface area contributed by atoms with Crippen molar-refractivity contribution in [2.24, 2.45) is 0 Å². The van der Waals surface area contributed by atoms with Gasteiger partial charge in [-0.25, -0.2) is 19.2 Å². The summed E-state index contributed by atoms with van der Waals surface area (Å²) in [5, 5.41) is 25.7. The van der Waals surface area contributed by atoms with Crippen molar-refractivity contribution < 1.29 is 14.3 Å². The fraction of sp³-hybridized carbons (Fsp3) is 0.423. The van der Waals surface area contributed by atoms with Gasteiger partial charge >= 0.3 is 6.03 Å². The van der Waals surface area contributed by atoms with Crippen LogP contribution in [-0.2, 0) is 6.42 Å². The minimum Gasteiger partial charge on any atom is -0.389 e. The Hall–Kier alpha value is -3.80. The van der Waals surface area contributed by atoms with Crippen LogP contribution in [0.1, 0.15) is 23.9 Å². The molecule has 6 rings (SSSR count). The van der Waals surface area contributed by atoms with Crippen LogP contribution < -0.4 is 9.80 Å². The normalized spacial score (nSPS) is 17.4. The van der Waals surface area contributed by atoms with Gasteiger partial charge in [0.25, 0.3) is 0 Å². The Morgan fingerprint density at radius 3 is 2.62 bits per heavy atom. The van der Waals surface area contributed by atoms with Crippen molar-refractivity contribution in [1.29, 1.82) is 5.26 Å². The zero-order valence-corrected chi connectivity index (χ0v) is 23.9. The standard InChI is InChI=1S/C26H28FN9O2S2/c1-4-19-22(33(3)23-30-21(20(11-28)39-23)15-5-7-16(27)8-6-15)36-24(29-19)40-25(31-36)34-10-9-17(12-34)32(2)26(38)35-13-18(37)14-35/h5-8,17-18,37H,4,9-10,12-14H2,1-3H3/t17-/m1/s1. The van der Waals surface area contributed by atoms with Crippen LogP contribution in [0.25, 0.3) is 16.2 Å². The molecule has 2 fully saturated rings. The Balaban J connectivity index is 1.26. The van der Waals surface area contributed by atoms with E-state index >= 15 is 0 Å². The van der Waals surface area contributed by atoms with Gasteiger partial charge in [-0.15, -0.1) is 5.10 Å². The lowest BCUT2D eigenvalue weighted by Gasteiger charge is -2.39. The Kier molecular flexibility index (Phi) is 6.81. The molecule has 1 atom stereocenters. The highest BCUT2D eigenvalue weighted by Crippen LogP contribution is 2.38. The summed E-state index contributed by atoms with van der Waals surface area (Å²) in [6, 6.07) is 8.19. The van der Waals surface area contributed by atoms with Gasteiger partial charge in [-0.2, -0.15) is 9.78 Å². The Bertz CT molecular complexity index is 1600. The number of fused-ring (bicyclic) bond motifs is 1. The lowest BCUT2D eigenvalue weighted by Crippen LogP contribution is -2.58. The molecule has 5 heterocycles. The highest BCUT2D eigenvalue weighted by atomic mass is 32.1. The monoisotopic (exact) mass is 581 g/mol. The van der Waals surface area contributed by atoms with E-state index in [1.54, 1.807) is 21.9 Å². The van der Waals surface area contributed by atoms with E-state index in [0.29, 0.717) is 47.3 Å². The average Bonchev–Trinajstić information content (AvgIpc) is 3.72. The first-order chi connectivity index (χ1) is 19.3. The first kappa shape index (κ1) is 26.4. The van der Waals surface area contributed by atoms with E-state index in [-0.39, 0.29) is 17.9 Å². The number of aryl methyl sites for hydroxylation is 1. The lowest BCUT2D eigenvalue weighted by molar-refractivity contribution is 0.0144. The molecule has 2 aliphatic rings. The second kappa shape index (κ2) is 10.3. The molecule has 0 unspecified atom stereocenters. The predicted molar refractivity (Wildman–Crippen MR) is 152 cm³/mol. The number of rotatable bonds is 6. The molecule has 40 heavy (non-hydrogen) atoms. The Labute approximate surface area is 238 Å². The highest BCUT2D eigenvalue weighted by molar-refractivity contribution is 7.20. The fourth-order valence-corrected chi connectivity index (χ4v) is 6.91. The molecule has 1 aromatic carbocycles. The molecule has 2 amide bonds. The van der Waals surface area contributed by atoms with Crippen LogP contribution >= 0.6 is 22.7 Å².